The summed E-state index contributed by atoms with van der Waals surface area (Å²) in [5.41, 5.74) is 8.18. The van der Waals surface area contributed by atoms with Gasteiger partial charge in [-0.15, -0.1) is 0 Å². The standard InChI is InChI=1S/C14H22F3N3/c1-9-7-12(20(2)19-9)8-13(18)10-3-5-11(6-4-10)14(15,16)17/h7,10-11,13H,3-6,8,18H2,1-2H3. The molecule has 2 rings (SSSR count). The predicted octanol–water partition coefficient (Wildman–Crippen LogP) is 2.97. The minimum absolute atomic E-state index is 0.0843. The van der Waals surface area contributed by atoms with E-state index in [-0.39, 0.29) is 24.8 Å². The Morgan fingerprint density at radius 1 is 1.35 bits per heavy atom. The first-order chi connectivity index (χ1) is 9.27. The van der Waals surface area contributed by atoms with Gasteiger partial charge < -0.3 is 5.73 Å². The Hall–Kier alpha value is -1.04. The molecule has 1 aliphatic rings. The average Bonchev–Trinajstić information content (AvgIpc) is 2.67. The third-order valence-corrected chi connectivity index (χ3v) is 4.38. The number of nitrogens with zero attached hydrogens (tertiary/aromatic N) is 2. The van der Waals surface area contributed by atoms with Gasteiger partial charge in [-0.3, -0.25) is 4.68 Å². The Kier molecular flexibility index (Phi) is 4.42. The van der Waals surface area contributed by atoms with Crippen molar-refractivity contribution in [2.45, 2.75) is 51.2 Å². The molecule has 0 radical (unpaired) electrons. The molecule has 1 atom stereocenters. The second-order valence-corrected chi connectivity index (χ2v) is 5.92. The number of aromatic nitrogens is 2. The minimum Gasteiger partial charge on any atom is -0.327 e. The zero-order chi connectivity index (χ0) is 14.9. The van der Waals surface area contributed by atoms with E-state index >= 15 is 0 Å². The number of aryl methyl sites for hydroxylation is 2. The Morgan fingerprint density at radius 2 is 1.95 bits per heavy atom. The summed E-state index contributed by atoms with van der Waals surface area (Å²) in [7, 11) is 1.87. The molecule has 1 unspecified atom stereocenters. The topological polar surface area (TPSA) is 43.8 Å². The van der Waals surface area contributed by atoms with Gasteiger partial charge in [0.2, 0.25) is 0 Å². The van der Waals surface area contributed by atoms with Crippen molar-refractivity contribution in [3.05, 3.63) is 17.5 Å². The van der Waals surface area contributed by atoms with Crippen LogP contribution in [0.15, 0.2) is 6.07 Å². The Morgan fingerprint density at radius 3 is 2.40 bits per heavy atom. The fourth-order valence-electron chi connectivity index (χ4n) is 3.14. The highest BCUT2D eigenvalue weighted by Crippen LogP contribution is 2.40. The summed E-state index contributed by atoms with van der Waals surface area (Å²) in [5.74, 6) is -0.950. The maximum absolute atomic E-state index is 12.6. The second-order valence-electron chi connectivity index (χ2n) is 5.92. The zero-order valence-electron chi connectivity index (χ0n) is 12.0. The van der Waals surface area contributed by atoms with Crippen LogP contribution in [0.2, 0.25) is 0 Å². The Bertz CT molecular complexity index is 445. The number of rotatable bonds is 3. The lowest BCUT2D eigenvalue weighted by molar-refractivity contribution is -0.184. The molecule has 0 saturated heterocycles. The van der Waals surface area contributed by atoms with E-state index in [1.54, 1.807) is 4.68 Å². The van der Waals surface area contributed by atoms with Crippen molar-refractivity contribution in [2.75, 3.05) is 0 Å². The van der Waals surface area contributed by atoms with Crippen LogP contribution in [-0.2, 0) is 13.5 Å². The van der Waals surface area contributed by atoms with Gasteiger partial charge in [0.15, 0.2) is 0 Å². The van der Waals surface area contributed by atoms with Gasteiger partial charge in [0, 0.05) is 25.2 Å². The van der Waals surface area contributed by atoms with Crippen LogP contribution in [0, 0.1) is 18.8 Å². The SMILES string of the molecule is Cc1cc(CC(N)C2CCC(C(F)(F)F)CC2)n(C)n1. The molecule has 1 fully saturated rings. The molecule has 6 heteroatoms. The molecule has 1 aliphatic carbocycles. The maximum Gasteiger partial charge on any atom is 0.391 e. The highest BCUT2D eigenvalue weighted by Gasteiger charge is 2.42. The van der Waals surface area contributed by atoms with E-state index in [9.17, 15) is 13.2 Å². The van der Waals surface area contributed by atoms with Crippen LogP contribution in [0.3, 0.4) is 0 Å². The van der Waals surface area contributed by atoms with E-state index in [0.29, 0.717) is 19.3 Å². The summed E-state index contributed by atoms with van der Waals surface area (Å²) < 4.78 is 39.7. The van der Waals surface area contributed by atoms with Crippen LogP contribution in [0.5, 0.6) is 0 Å². The Labute approximate surface area is 117 Å². The molecule has 1 heterocycles. The highest BCUT2D eigenvalue weighted by atomic mass is 19.4. The van der Waals surface area contributed by atoms with Gasteiger partial charge in [0.25, 0.3) is 0 Å². The van der Waals surface area contributed by atoms with Crippen LogP contribution < -0.4 is 5.73 Å². The summed E-state index contributed by atoms with van der Waals surface area (Å²) in [5, 5.41) is 4.27. The molecule has 0 aromatic carbocycles. The molecule has 0 bridgehead atoms. The number of nitrogens with two attached hydrogens (primary N) is 1. The molecule has 0 aliphatic heterocycles. The summed E-state index contributed by atoms with van der Waals surface area (Å²) in [6, 6.07) is 1.90. The van der Waals surface area contributed by atoms with E-state index in [0.717, 1.165) is 11.4 Å². The summed E-state index contributed by atoms with van der Waals surface area (Å²) >= 11 is 0. The first kappa shape index (κ1) is 15.4. The normalized spacial score (nSPS) is 25.7. The van der Waals surface area contributed by atoms with Crippen molar-refractivity contribution in [1.82, 2.24) is 9.78 Å². The average molecular weight is 289 g/mol. The van der Waals surface area contributed by atoms with E-state index in [1.807, 2.05) is 20.0 Å². The van der Waals surface area contributed by atoms with E-state index in [1.165, 1.54) is 0 Å². The number of hydrogen-bond acceptors (Lipinski definition) is 2. The van der Waals surface area contributed by atoms with Crippen molar-refractivity contribution in [1.29, 1.82) is 0 Å². The van der Waals surface area contributed by atoms with E-state index in [4.69, 9.17) is 5.73 Å². The van der Waals surface area contributed by atoms with Gasteiger partial charge in [-0.25, -0.2) is 0 Å². The first-order valence-corrected chi connectivity index (χ1v) is 7.09. The minimum atomic E-state index is -4.05. The van der Waals surface area contributed by atoms with Gasteiger partial charge in [0.05, 0.1) is 11.6 Å². The smallest absolute Gasteiger partial charge is 0.327 e. The quantitative estimate of drug-likeness (QED) is 0.929. The molecule has 2 N–H and O–H groups in total. The van der Waals surface area contributed by atoms with Gasteiger partial charge in [-0.1, -0.05) is 0 Å². The lowest BCUT2D eigenvalue weighted by Gasteiger charge is -2.33. The lowest BCUT2D eigenvalue weighted by Crippen LogP contribution is -2.37. The van der Waals surface area contributed by atoms with Gasteiger partial charge in [-0.05, 0) is 44.6 Å². The van der Waals surface area contributed by atoms with Gasteiger partial charge >= 0.3 is 6.18 Å². The van der Waals surface area contributed by atoms with E-state index < -0.39 is 12.1 Å². The van der Waals surface area contributed by atoms with Gasteiger partial charge in [-0.2, -0.15) is 18.3 Å². The van der Waals surface area contributed by atoms with Crippen molar-refractivity contribution >= 4 is 0 Å². The second kappa shape index (κ2) is 5.76. The molecule has 1 aromatic rings. The monoisotopic (exact) mass is 289 g/mol. The molecule has 20 heavy (non-hydrogen) atoms. The number of alkyl halides is 3. The summed E-state index contributed by atoms with van der Waals surface area (Å²) in [4.78, 5) is 0. The molecule has 0 spiro atoms. The number of halogens is 3. The van der Waals surface area contributed by atoms with E-state index in [2.05, 4.69) is 5.10 Å². The Balaban J connectivity index is 1.89. The third kappa shape index (κ3) is 3.53. The molecule has 114 valence electrons. The highest BCUT2D eigenvalue weighted by molar-refractivity contribution is 5.10. The largest absolute Gasteiger partial charge is 0.391 e. The van der Waals surface area contributed by atoms with Crippen molar-refractivity contribution in [3.63, 3.8) is 0 Å². The van der Waals surface area contributed by atoms with Crippen LogP contribution in [0.25, 0.3) is 0 Å². The molecule has 1 saturated carbocycles. The molecular formula is C14H22F3N3. The van der Waals surface area contributed by atoms with Crippen LogP contribution in [0.4, 0.5) is 13.2 Å². The third-order valence-electron chi connectivity index (χ3n) is 4.38. The van der Waals surface area contributed by atoms with Crippen LogP contribution in [0.1, 0.15) is 37.1 Å². The molecule has 1 aromatic heterocycles. The zero-order valence-corrected chi connectivity index (χ0v) is 12.0. The summed E-state index contributed by atoms with van der Waals surface area (Å²) in [6.45, 7) is 1.92. The lowest BCUT2D eigenvalue weighted by atomic mass is 9.77. The van der Waals surface area contributed by atoms with Crippen LogP contribution in [-0.4, -0.2) is 22.0 Å². The molecule has 3 nitrogen and oxygen atoms in total. The van der Waals surface area contributed by atoms with Gasteiger partial charge in [0.1, 0.15) is 0 Å². The first-order valence-electron chi connectivity index (χ1n) is 7.09. The molecular weight excluding hydrogens is 267 g/mol. The fourth-order valence-corrected chi connectivity index (χ4v) is 3.14. The van der Waals surface area contributed by atoms with Crippen molar-refractivity contribution in [2.24, 2.45) is 24.6 Å². The van der Waals surface area contributed by atoms with Crippen LogP contribution >= 0.6 is 0 Å². The summed E-state index contributed by atoms with van der Waals surface area (Å²) in [6.07, 6.45) is -1.80. The maximum atomic E-state index is 12.6. The molecule has 0 amide bonds. The number of hydrogen-bond donors (Lipinski definition) is 1. The predicted molar refractivity (Wildman–Crippen MR) is 71.1 cm³/mol. The van der Waals surface area contributed by atoms with Crippen molar-refractivity contribution in [3.8, 4) is 0 Å². The van der Waals surface area contributed by atoms with Crippen molar-refractivity contribution < 1.29 is 13.2 Å². The fraction of sp³-hybridized carbons (Fsp3) is 0.786.